The van der Waals surface area contributed by atoms with E-state index in [2.05, 4.69) is 11.8 Å². The average Bonchev–Trinajstić information content (AvgIpc) is 3.25. The topological polar surface area (TPSA) is 119 Å². The number of phenolic OH excluding ortho intramolecular Hbond substituents is 1. The van der Waals surface area contributed by atoms with Crippen LogP contribution in [0.4, 0.5) is 0 Å². The van der Waals surface area contributed by atoms with Gasteiger partial charge in [0, 0.05) is 24.5 Å². The van der Waals surface area contributed by atoms with Crippen LogP contribution in [-0.4, -0.2) is 47.1 Å². The van der Waals surface area contributed by atoms with Gasteiger partial charge < -0.3 is 19.3 Å². The number of hydrogen-bond acceptors (Lipinski definition) is 8. The summed E-state index contributed by atoms with van der Waals surface area (Å²) in [4.78, 5) is 53.3. The van der Waals surface area contributed by atoms with E-state index in [1.807, 2.05) is 24.3 Å². The molecule has 0 saturated carbocycles. The van der Waals surface area contributed by atoms with E-state index in [4.69, 9.17) is 14.2 Å². The van der Waals surface area contributed by atoms with Crippen LogP contribution in [0.5, 0.6) is 23.0 Å². The fourth-order valence-electron chi connectivity index (χ4n) is 5.30. The molecule has 0 bridgehead atoms. The number of methoxy groups -OCH3 is 1. The van der Waals surface area contributed by atoms with Gasteiger partial charge in [-0.2, -0.15) is 0 Å². The molecule has 0 unspecified atom stereocenters. The monoisotopic (exact) mass is 553 g/mol. The summed E-state index contributed by atoms with van der Waals surface area (Å²) in [5.74, 6) is 3.55. The summed E-state index contributed by atoms with van der Waals surface area (Å²) in [6, 6.07) is 12.2. The van der Waals surface area contributed by atoms with Crippen molar-refractivity contribution >= 4 is 34.2 Å². The smallest absolute Gasteiger partial charge is 0.268 e. The number of hydrogen-bond donors (Lipinski definition) is 1. The molecule has 3 aromatic rings. The summed E-state index contributed by atoms with van der Waals surface area (Å²) >= 11 is 0. The second-order valence-electron chi connectivity index (χ2n) is 9.87. The molecule has 2 amide bonds. The number of Topliss-reactive ketones (excluding diaryl/α,β-unsaturated/α-hetero) is 1. The molecule has 41 heavy (non-hydrogen) atoms. The molecular weight excluding hydrogens is 526 g/mol. The van der Waals surface area contributed by atoms with Crippen LogP contribution in [0.25, 0.3) is 10.8 Å². The van der Waals surface area contributed by atoms with Crippen LogP contribution >= 0.6 is 0 Å². The Hall–Kier alpha value is -5.10. The standard InChI is InChI=1S/C32H27NO8/c1-5-6-13-40-24-12-11-19(21-9-7-8-10-22(21)24)17-33(18(2)34)31(38)28-25(39-4)16-23(36)29-30(28)41-27-15-20(35)14-26(37)32(27,29)3/h7-12,15-16,36H,13-14,17H2,1-4H3/t32-/m1/s1. The average molecular weight is 554 g/mol. The molecule has 2 aliphatic rings. The van der Waals surface area contributed by atoms with E-state index in [9.17, 15) is 24.3 Å². The number of aromatic hydroxyl groups is 1. The van der Waals surface area contributed by atoms with Crippen LogP contribution in [-0.2, 0) is 26.3 Å². The summed E-state index contributed by atoms with van der Waals surface area (Å²) in [6.45, 7) is 4.64. The highest BCUT2D eigenvalue weighted by Gasteiger charge is 2.54. The number of imide groups is 1. The van der Waals surface area contributed by atoms with Crippen LogP contribution in [0.3, 0.4) is 0 Å². The molecular formula is C32H27NO8. The Bertz CT molecular complexity index is 1740. The first-order chi connectivity index (χ1) is 19.6. The highest BCUT2D eigenvalue weighted by molar-refractivity contribution is 6.15. The lowest BCUT2D eigenvalue weighted by molar-refractivity contribution is -0.129. The molecule has 1 aliphatic heterocycles. The van der Waals surface area contributed by atoms with E-state index in [0.29, 0.717) is 11.3 Å². The van der Waals surface area contributed by atoms with Crippen molar-refractivity contribution in [1.82, 2.24) is 4.90 Å². The van der Waals surface area contributed by atoms with Crippen LogP contribution < -0.4 is 14.2 Å². The number of carbonyl (C=O) groups is 4. The Kier molecular flexibility index (Phi) is 7.01. The predicted octanol–water partition coefficient (Wildman–Crippen LogP) is 4.22. The lowest BCUT2D eigenvalue weighted by Gasteiger charge is -2.26. The van der Waals surface area contributed by atoms with Gasteiger partial charge in [0.2, 0.25) is 5.91 Å². The predicted molar refractivity (Wildman–Crippen MR) is 149 cm³/mol. The van der Waals surface area contributed by atoms with E-state index >= 15 is 0 Å². The molecule has 1 atom stereocenters. The lowest BCUT2D eigenvalue weighted by Crippen LogP contribution is -2.37. The van der Waals surface area contributed by atoms with Crippen LogP contribution in [0.2, 0.25) is 0 Å². The second kappa shape index (κ2) is 10.5. The number of ether oxygens (including phenoxy) is 3. The molecule has 1 N–H and O–H groups in total. The molecule has 1 heterocycles. The normalized spacial score (nSPS) is 17.0. The largest absolute Gasteiger partial charge is 0.507 e. The van der Waals surface area contributed by atoms with Crippen molar-refractivity contribution in [3.63, 3.8) is 0 Å². The van der Waals surface area contributed by atoms with Gasteiger partial charge in [-0.15, -0.1) is 5.92 Å². The minimum Gasteiger partial charge on any atom is -0.507 e. The summed E-state index contributed by atoms with van der Waals surface area (Å²) in [5, 5.41) is 12.5. The third-order valence-corrected chi connectivity index (χ3v) is 7.45. The molecule has 1 aliphatic carbocycles. The van der Waals surface area contributed by atoms with E-state index < -0.39 is 28.8 Å². The number of benzene rings is 3. The zero-order valence-corrected chi connectivity index (χ0v) is 23.0. The molecule has 0 spiro atoms. The third kappa shape index (κ3) is 4.47. The summed E-state index contributed by atoms with van der Waals surface area (Å²) < 4.78 is 17.2. The minimum absolute atomic E-state index is 0.00933. The Morgan fingerprint density at radius 3 is 2.54 bits per heavy atom. The Balaban J connectivity index is 1.60. The third-order valence-electron chi connectivity index (χ3n) is 7.45. The molecule has 0 fully saturated rings. The van der Waals surface area contributed by atoms with Crippen LogP contribution in [0, 0.1) is 11.8 Å². The second-order valence-corrected chi connectivity index (χ2v) is 9.87. The van der Waals surface area contributed by atoms with Gasteiger partial charge in [-0.1, -0.05) is 36.3 Å². The van der Waals surface area contributed by atoms with E-state index in [-0.39, 0.29) is 53.7 Å². The fraction of sp³-hybridized carbons (Fsp3) is 0.250. The van der Waals surface area contributed by atoms with Crippen molar-refractivity contribution in [3.05, 3.63) is 71.0 Å². The number of rotatable bonds is 6. The summed E-state index contributed by atoms with van der Waals surface area (Å²) in [7, 11) is 1.31. The summed E-state index contributed by atoms with van der Waals surface area (Å²) in [5.41, 5.74) is -0.882. The highest BCUT2D eigenvalue weighted by Crippen LogP contribution is 2.55. The molecule has 0 saturated heterocycles. The Labute approximate surface area is 236 Å². The molecule has 9 heteroatoms. The number of phenols is 1. The molecule has 0 radical (unpaired) electrons. The van der Waals surface area contributed by atoms with Crippen LogP contribution in [0.1, 0.15) is 48.7 Å². The number of ketones is 2. The minimum atomic E-state index is -1.47. The Morgan fingerprint density at radius 1 is 1.12 bits per heavy atom. The van der Waals surface area contributed by atoms with Gasteiger partial charge in [0.1, 0.15) is 40.6 Å². The quantitative estimate of drug-likeness (QED) is 0.356. The molecule has 208 valence electrons. The van der Waals surface area contributed by atoms with Gasteiger partial charge >= 0.3 is 0 Å². The van der Waals surface area contributed by atoms with E-state index in [1.165, 1.54) is 33.1 Å². The van der Waals surface area contributed by atoms with Crippen molar-refractivity contribution in [2.24, 2.45) is 0 Å². The number of nitrogens with zero attached hydrogens (tertiary/aromatic N) is 1. The van der Waals surface area contributed by atoms with Crippen LogP contribution in [0.15, 0.2) is 54.3 Å². The van der Waals surface area contributed by atoms with Crippen molar-refractivity contribution in [2.45, 2.75) is 39.2 Å². The number of fused-ring (bicyclic) bond motifs is 4. The first-order valence-electron chi connectivity index (χ1n) is 12.9. The molecule has 0 aromatic heterocycles. The maximum absolute atomic E-state index is 14.1. The maximum Gasteiger partial charge on any atom is 0.268 e. The summed E-state index contributed by atoms with van der Waals surface area (Å²) in [6.07, 6.45) is 0.834. The fourth-order valence-corrected chi connectivity index (χ4v) is 5.30. The van der Waals surface area contributed by atoms with Crippen molar-refractivity contribution < 1.29 is 38.5 Å². The number of allylic oxidation sites excluding steroid dienone is 2. The lowest BCUT2D eigenvalue weighted by atomic mass is 9.72. The van der Waals surface area contributed by atoms with Crippen molar-refractivity contribution in [3.8, 4) is 34.8 Å². The number of amides is 2. The zero-order chi connectivity index (χ0) is 29.5. The van der Waals surface area contributed by atoms with Gasteiger partial charge in [-0.3, -0.25) is 24.1 Å². The SMILES string of the molecule is CC#CCOc1ccc(CN(C(C)=O)C(=O)c2c(OC)cc(O)c3c2OC2=CC(=O)CC(=O)[C@]23C)c2ccccc12. The highest BCUT2D eigenvalue weighted by atomic mass is 16.5. The Morgan fingerprint density at radius 2 is 1.85 bits per heavy atom. The van der Waals surface area contributed by atoms with E-state index in [1.54, 1.807) is 19.1 Å². The first-order valence-corrected chi connectivity index (χ1v) is 12.9. The van der Waals surface area contributed by atoms with Gasteiger partial charge in [-0.05, 0) is 30.9 Å². The van der Waals surface area contributed by atoms with Crippen molar-refractivity contribution in [1.29, 1.82) is 0 Å². The number of carbonyl (C=O) groups excluding carboxylic acids is 4. The van der Waals surface area contributed by atoms with Crippen molar-refractivity contribution in [2.75, 3.05) is 13.7 Å². The first kappa shape index (κ1) is 27.5. The van der Waals surface area contributed by atoms with Gasteiger partial charge in [0.15, 0.2) is 17.3 Å². The van der Waals surface area contributed by atoms with Gasteiger partial charge in [0.05, 0.1) is 25.6 Å². The molecule has 5 rings (SSSR count). The van der Waals surface area contributed by atoms with Gasteiger partial charge in [-0.25, -0.2) is 0 Å². The molecule has 9 nitrogen and oxygen atoms in total. The van der Waals surface area contributed by atoms with Gasteiger partial charge in [0.25, 0.3) is 5.91 Å². The van der Waals surface area contributed by atoms with E-state index in [0.717, 1.165) is 15.7 Å². The zero-order valence-electron chi connectivity index (χ0n) is 23.0. The molecule has 3 aromatic carbocycles. The maximum atomic E-state index is 14.1.